The Kier molecular flexibility index (Phi) is 4.84. The van der Waals surface area contributed by atoms with Crippen LogP contribution in [-0.2, 0) is 0 Å². The summed E-state index contributed by atoms with van der Waals surface area (Å²) in [4.78, 5) is 15.5. The number of aromatic nitrogens is 1. The zero-order valence-electron chi connectivity index (χ0n) is 13.3. The number of carbonyl (C=O) groups excluding carboxylic acids is 1. The van der Waals surface area contributed by atoms with Gasteiger partial charge in [-0.3, -0.25) is 4.79 Å². The number of nitrogens with zero attached hydrogens (tertiary/aromatic N) is 1. The first-order valence-electron chi connectivity index (χ1n) is 7.34. The highest BCUT2D eigenvalue weighted by Gasteiger charge is 2.09. The predicted molar refractivity (Wildman–Crippen MR) is 104 cm³/mol. The molecular weight excluding hydrogens is 417 g/mol. The summed E-state index contributed by atoms with van der Waals surface area (Å²) in [7, 11) is 1.58. The van der Waals surface area contributed by atoms with Crippen LogP contribution in [0.1, 0.15) is 21.6 Å². The fourth-order valence-electron chi connectivity index (χ4n) is 2.49. The summed E-state index contributed by atoms with van der Waals surface area (Å²) >= 11 is 2.16. The molecule has 2 aromatic carbocycles. The number of amides is 1. The molecule has 0 radical (unpaired) electrons. The van der Waals surface area contributed by atoms with E-state index < -0.39 is 0 Å². The van der Waals surface area contributed by atoms with Gasteiger partial charge in [0, 0.05) is 27.7 Å². The summed E-state index contributed by atoms with van der Waals surface area (Å²) in [6, 6.07) is 13.3. The van der Waals surface area contributed by atoms with Crippen LogP contribution in [0.4, 0.5) is 0 Å². The lowest BCUT2D eigenvalue weighted by Gasteiger charge is -2.05. The van der Waals surface area contributed by atoms with Crippen LogP contribution in [0.15, 0.2) is 47.6 Å². The molecule has 1 amide bonds. The van der Waals surface area contributed by atoms with Crippen LogP contribution >= 0.6 is 22.6 Å². The molecule has 6 heteroatoms. The van der Waals surface area contributed by atoms with Crippen molar-refractivity contribution in [2.75, 3.05) is 7.11 Å². The van der Waals surface area contributed by atoms with Crippen molar-refractivity contribution in [3.05, 3.63) is 62.9 Å². The third-order valence-corrected chi connectivity index (χ3v) is 4.61. The van der Waals surface area contributed by atoms with Crippen molar-refractivity contribution in [1.82, 2.24) is 10.4 Å². The molecule has 0 aliphatic rings. The number of rotatable bonds is 4. The van der Waals surface area contributed by atoms with Crippen LogP contribution in [0.3, 0.4) is 0 Å². The lowest BCUT2D eigenvalue weighted by Crippen LogP contribution is -2.17. The molecule has 0 saturated carbocycles. The molecule has 0 aliphatic heterocycles. The molecule has 0 spiro atoms. The van der Waals surface area contributed by atoms with E-state index in [2.05, 4.69) is 38.1 Å². The first-order chi connectivity index (χ1) is 11.6. The van der Waals surface area contributed by atoms with Crippen molar-refractivity contribution in [2.24, 2.45) is 5.10 Å². The zero-order chi connectivity index (χ0) is 17.1. The molecular formula is C18H16IN3O2. The van der Waals surface area contributed by atoms with Crippen molar-refractivity contribution in [3.8, 4) is 5.75 Å². The fourth-order valence-corrected chi connectivity index (χ4v) is 3.04. The predicted octanol–water partition coefficient (Wildman–Crippen LogP) is 3.85. The molecule has 1 heterocycles. The maximum atomic E-state index is 12.2. The Bertz CT molecular complexity index is 931. The number of halogens is 1. The number of carbonyl (C=O) groups is 1. The number of benzene rings is 2. The Morgan fingerprint density at radius 1 is 1.29 bits per heavy atom. The molecule has 5 nitrogen and oxygen atoms in total. The lowest BCUT2D eigenvalue weighted by atomic mass is 10.1. The molecule has 3 rings (SSSR count). The Morgan fingerprint density at radius 2 is 2.08 bits per heavy atom. The molecule has 0 atom stereocenters. The number of para-hydroxylation sites is 1. The molecule has 0 fully saturated rings. The number of methoxy groups -OCH3 is 1. The van der Waals surface area contributed by atoms with E-state index >= 15 is 0 Å². The minimum atomic E-state index is -0.279. The summed E-state index contributed by atoms with van der Waals surface area (Å²) in [6.07, 6.45) is 1.66. The SMILES string of the molecule is COc1cc(C(=O)N/N=C\c2c(C)[nH]c3ccccc23)ccc1I. The van der Waals surface area contributed by atoms with Crippen LogP contribution in [0.25, 0.3) is 10.9 Å². The van der Waals surface area contributed by atoms with Gasteiger partial charge in [-0.15, -0.1) is 0 Å². The number of ether oxygens (including phenoxy) is 1. The van der Waals surface area contributed by atoms with Crippen LogP contribution in [-0.4, -0.2) is 24.2 Å². The third-order valence-electron chi connectivity index (χ3n) is 3.72. The molecule has 3 aromatic rings. The van der Waals surface area contributed by atoms with Gasteiger partial charge >= 0.3 is 0 Å². The number of fused-ring (bicyclic) bond motifs is 1. The van der Waals surface area contributed by atoms with Gasteiger partial charge in [-0.1, -0.05) is 18.2 Å². The van der Waals surface area contributed by atoms with Crippen LogP contribution in [0.2, 0.25) is 0 Å². The number of aromatic amines is 1. The van der Waals surface area contributed by atoms with Gasteiger partial charge in [-0.05, 0) is 53.8 Å². The Balaban J connectivity index is 1.78. The van der Waals surface area contributed by atoms with E-state index in [0.29, 0.717) is 11.3 Å². The van der Waals surface area contributed by atoms with Gasteiger partial charge in [0.15, 0.2) is 0 Å². The summed E-state index contributed by atoms with van der Waals surface area (Å²) in [5.74, 6) is 0.387. The van der Waals surface area contributed by atoms with Gasteiger partial charge in [-0.25, -0.2) is 5.43 Å². The highest BCUT2D eigenvalue weighted by molar-refractivity contribution is 14.1. The van der Waals surface area contributed by atoms with Crippen molar-refractivity contribution in [2.45, 2.75) is 6.92 Å². The van der Waals surface area contributed by atoms with Crippen LogP contribution in [0.5, 0.6) is 5.75 Å². The van der Waals surface area contributed by atoms with Crippen molar-refractivity contribution >= 4 is 45.6 Å². The van der Waals surface area contributed by atoms with E-state index in [1.807, 2.05) is 37.3 Å². The topological polar surface area (TPSA) is 66.5 Å². The average Bonchev–Trinajstić information content (AvgIpc) is 2.91. The molecule has 2 N–H and O–H groups in total. The van der Waals surface area contributed by atoms with E-state index in [9.17, 15) is 4.79 Å². The Labute approximate surface area is 153 Å². The first-order valence-corrected chi connectivity index (χ1v) is 8.42. The summed E-state index contributed by atoms with van der Waals surface area (Å²) in [5.41, 5.74) is 6.07. The molecule has 0 unspecified atom stereocenters. The first kappa shape index (κ1) is 16.5. The van der Waals surface area contributed by atoms with Crippen molar-refractivity contribution in [3.63, 3.8) is 0 Å². The van der Waals surface area contributed by atoms with E-state index in [1.54, 1.807) is 25.5 Å². The van der Waals surface area contributed by atoms with Crippen molar-refractivity contribution in [1.29, 1.82) is 0 Å². The van der Waals surface area contributed by atoms with Crippen LogP contribution < -0.4 is 10.2 Å². The number of H-pyrrole nitrogens is 1. The fraction of sp³-hybridized carbons (Fsp3) is 0.111. The second-order valence-corrected chi connectivity index (χ2v) is 6.42. The maximum Gasteiger partial charge on any atom is 0.271 e. The highest BCUT2D eigenvalue weighted by Crippen LogP contribution is 2.22. The van der Waals surface area contributed by atoms with Gasteiger partial charge < -0.3 is 9.72 Å². The number of hydrogen-bond acceptors (Lipinski definition) is 3. The largest absolute Gasteiger partial charge is 0.496 e. The van der Waals surface area contributed by atoms with Gasteiger partial charge in [-0.2, -0.15) is 5.10 Å². The van der Waals surface area contributed by atoms with E-state index in [0.717, 1.165) is 25.7 Å². The smallest absolute Gasteiger partial charge is 0.271 e. The van der Waals surface area contributed by atoms with E-state index in [-0.39, 0.29) is 5.91 Å². The minimum Gasteiger partial charge on any atom is -0.496 e. The Morgan fingerprint density at radius 3 is 2.88 bits per heavy atom. The third kappa shape index (κ3) is 3.28. The van der Waals surface area contributed by atoms with Gasteiger partial charge in [0.05, 0.1) is 16.9 Å². The monoisotopic (exact) mass is 433 g/mol. The lowest BCUT2D eigenvalue weighted by molar-refractivity contribution is 0.0954. The molecule has 1 aromatic heterocycles. The standard InChI is InChI=1S/C18H16IN3O2/c1-11-14(13-5-3-4-6-16(13)21-11)10-20-22-18(23)12-7-8-15(19)17(9-12)24-2/h3-10,21H,1-2H3,(H,22,23)/b20-10-. The second kappa shape index (κ2) is 7.04. The van der Waals surface area contributed by atoms with Crippen molar-refractivity contribution < 1.29 is 9.53 Å². The van der Waals surface area contributed by atoms with Gasteiger partial charge in [0.25, 0.3) is 5.91 Å². The number of hydrogen-bond donors (Lipinski definition) is 2. The number of aryl methyl sites for hydroxylation is 1. The summed E-state index contributed by atoms with van der Waals surface area (Å²) < 4.78 is 6.18. The number of nitrogens with one attached hydrogen (secondary N) is 2. The van der Waals surface area contributed by atoms with E-state index in [4.69, 9.17) is 4.74 Å². The molecule has 0 aliphatic carbocycles. The minimum absolute atomic E-state index is 0.279. The average molecular weight is 433 g/mol. The second-order valence-electron chi connectivity index (χ2n) is 5.26. The number of hydrazone groups is 1. The Hall–Kier alpha value is -2.35. The quantitative estimate of drug-likeness (QED) is 0.373. The molecule has 24 heavy (non-hydrogen) atoms. The molecule has 0 bridgehead atoms. The summed E-state index contributed by atoms with van der Waals surface area (Å²) in [6.45, 7) is 1.98. The van der Waals surface area contributed by atoms with Gasteiger partial charge in [0.1, 0.15) is 5.75 Å². The van der Waals surface area contributed by atoms with Gasteiger partial charge in [0.2, 0.25) is 0 Å². The normalized spacial score (nSPS) is 11.1. The molecule has 122 valence electrons. The maximum absolute atomic E-state index is 12.2. The summed E-state index contributed by atoms with van der Waals surface area (Å²) in [5, 5.41) is 5.16. The highest BCUT2D eigenvalue weighted by atomic mass is 127. The van der Waals surface area contributed by atoms with E-state index in [1.165, 1.54) is 0 Å². The molecule has 0 saturated heterocycles. The van der Waals surface area contributed by atoms with Crippen LogP contribution in [0, 0.1) is 10.5 Å². The zero-order valence-corrected chi connectivity index (χ0v) is 15.4.